The topological polar surface area (TPSA) is 57.4 Å². The Balaban J connectivity index is 1.59. The molecule has 2 N–H and O–H groups in total. The van der Waals surface area contributed by atoms with Gasteiger partial charge in [0.05, 0.1) is 18.4 Å². The van der Waals surface area contributed by atoms with E-state index < -0.39 is 0 Å². The van der Waals surface area contributed by atoms with Crippen LogP contribution in [0.15, 0.2) is 18.3 Å². The second-order valence-corrected chi connectivity index (χ2v) is 6.70. The van der Waals surface area contributed by atoms with Crippen molar-refractivity contribution in [3.05, 3.63) is 24.0 Å². The summed E-state index contributed by atoms with van der Waals surface area (Å²) in [5, 5.41) is 0. The third kappa shape index (κ3) is 3.27. The van der Waals surface area contributed by atoms with E-state index in [-0.39, 0.29) is 11.7 Å². The number of hydrogen-bond donors (Lipinski definition) is 1. The first-order chi connectivity index (χ1) is 9.80. The van der Waals surface area contributed by atoms with Crippen molar-refractivity contribution in [2.75, 3.05) is 24.7 Å². The summed E-state index contributed by atoms with van der Waals surface area (Å²) in [4.78, 5) is 4.38. The van der Waals surface area contributed by atoms with Crippen LogP contribution in [0.3, 0.4) is 0 Å². The van der Waals surface area contributed by atoms with Gasteiger partial charge in [0, 0.05) is 30.7 Å². The van der Waals surface area contributed by atoms with Crippen LogP contribution in [0.5, 0.6) is 5.75 Å². The maximum atomic E-state index is 6.09. The van der Waals surface area contributed by atoms with Gasteiger partial charge in [-0.3, -0.25) is 4.98 Å². The Kier molecular flexibility index (Phi) is 4.48. The standard InChI is InChI=1S/C15H22N2O2S/c16-6-3-12-1-2-14(10-17-12)19-13-4-7-18-15(9-13)5-8-20-11-15/h1-2,10,13H,3-9,11,16H2. The number of hydrogen-bond acceptors (Lipinski definition) is 5. The zero-order chi connectivity index (χ0) is 13.8. The molecule has 110 valence electrons. The van der Waals surface area contributed by atoms with E-state index in [1.165, 1.54) is 5.75 Å². The molecule has 5 heteroatoms. The Hall–Kier alpha value is -0.780. The van der Waals surface area contributed by atoms with Gasteiger partial charge in [-0.1, -0.05) is 0 Å². The fraction of sp³-hybridized carbons (Fsp3) is 0.667. The molecule has 1 aromatic rings. The highest BCUT2D eigenvalue weighted by Crippen LogP contribution is 2.39. The van der Waals surface area contributed by atoms with Crippen LogP contribution in [-0.4, -0.2) is 41.3 Å². The third-order valence-electron chi connectivity index (χ3n) is 4.02. The number of aromatic nitrogens is 1. The molecule has 1 spiro atoms. The van der Waals surface area contributed by atoms with Crippen LogP contribution in [0.25, 0.3) is 0 Å². The maximum Gasteiger partial charge on any atom is 0.138 e. The maximum absolute atomic E-state index is 6.09. The molecule has 0 saturated carbocycles. The summed E-state index contributed by atoms with van der Waals surface area (Å²) in [6, 6.07) is 4.01. The molecule has 0 aromatic carbocycles. The number of thioether (sulfide) groups is 1. The van der Waals surface area contributed by atoms with Crippen molar-refractivity contribution in [2.45, 2.75) is 37.4 Å². The van der Waals surface area contributed by atoms with E-state index in [1.807, 2.05) is 30.1 Å². The van der Waals surface area contributed by atoms with Gasteiger partial charge in [-0.25, -0.2) is 0 Å². The van der Waals surface area contributed by atoms with E-state index in [1.54, 1.807) is 0 Å². The Morgan fingerprint density at radius 1 is 1.50 bits per heavy atom. The summed E-state index contributed by atoms with van der Waals surface area (Å²) in [5.41, 5.74) is 6.62. The first-order valence-electron chi connectivity index (χ1n) is 7.33. The lowest BCUT2D eigenvalue weighted by Crippen LogP contribution is -2.43. The van der Waals surface area contributed by atoms with Gasteiger partial charge < -0.3 is 15.2 Å². The molecular formula is C15H22N2O2S. The summed E-state index contributed by atoms with van der Waals surface area (Å²) in [6.07, 6.45) is 6.02. The van der Waals surface area contributed by atoms with Crippen molar-refractivity contribution in [1.82, 2.24) is 4.98 Å². The molecule has 2 fully saturated rings. The molecule has 4 nitrogen and oxygen atoms in total. The molecule has 0 bridgehead atoms. The van der Waals surface area contributed by atoms with Crippen molar-refractivity contribution < 1.29 is 9.47 Å². The quantitative estimate of drug-likeness (QED) is 0.920. The molecule has 2 aliphatic rings. The highest BCUT2D eigenvalue weighted by molar-refractivity contribution is 7.99. The molecule has 0 amide bonds. The largest absolute Gasteiger partial charge is 0.489 e. The summed E-state index contributed by atoms with van der Waals surface area (Å²) >= 11 is 1.99. The van der Waals surface area contributed by atoms with Crippen LogP contribution in [0.2, 0.25) is 0 Å². The van der Waals surface area contributed by atoms with Crippen LogP contribution in [-0.2, 0) is 11.2 Å². The van der Waals surface area contributed by atoms with Gasteiger partial charge in [-0.05, 0) is 30.9 Å². The van der Waals surface area contributed by atoms with Crippen LogP contribution in [0, 0.1) is 0 Å². The highest BCUT2D eigenvalue weighted by atomic mass is 32.2. The van der Waals surface area contributed by atoms with E-state index in [0.717, 1.165) is 49.5 Å². The molecule has 3 heterocycles. The summed E-state index contributed by atoms with van der Waals surface area (Å²) in [6.45, 7) is 1.44. The lowest BCUT2D eigenvalue weighted by Gasteiger charge is -2.37. The number of nitrogens with zero attached hydrogens (tertiary/aromatic N) is 1. The van der Waals surface area contributed by atoms with Gasteiger partial charge >= 0.3 is 0 Å². The zero-order valence-electron chi connectivity index (χ0n) is 11.7. The van der Waals surface area contributed by atoms with Crippen molar-refractivity contribution in [2.24, 2.45) is 5.73 Å². The molecule has 2 saturated heterocycles. The van der Waals surface area contributed by atoms with Gasteiger partial charge in [0.2, 0.25) is 0 Å². The number of pyridine rings is 1. The van der Waals surface area contributed by atoms with Crippen LogP contribution < -0.4 is 10.5 Å². The first kappa shape index (κ1) is 14.2. The van der Waals surface area contributed by atoms with Gasteiger partial charge in [0.1, 0.15) is 11.9 Å². The third-order valence-corrected chi connectivity index (χ3v) is 5.24. The Bertz CT molecular complexity index is 432. The molecule has 0 radical (unpaired) electrons. The van der Waals surface area contributed by atoms with E-state index >= 15 is 0 Å². The molecule has 0 aliphatic carbocycles. The van der Waals surface area contributed by atoms with Crippen molar-refractivity contribution in [3.8, 4) is 5.75 Å². The predicted molar refractivity (Wildman–Crippen MR) is 81.3 cm³/mol. The fourth-order valence-corrected chi connectivity index (χ4v) is 4.29. The van der Waals surface area contributed by atoms with E-state index in [9.17, 15) is 0 Å². The van der Waals surface area contributed by atoms with Gasteiger partial charge in [0.15, 0.2) is 0 Å². The van der Waals surface area contributed by atoms with Crippen LogP contribution in [0.1, 0.15) is 25.0 Å². The second-order valence-electron chi connectivity index (χ2n) is 5.59. The van der Waals surface area contributed by atoms with E-state index in [0.29, 0.717) is 6.54 Å². The normalized spacial score (nSPS) is 29.8. The van der Waals surface area contributed by atoms with Gasteiger partial charge in [-0.2, -0.15) is 11.8 Å². The lowest BCUT2D eigenvalue weighted by molar-refractivity contribution is -0.0959. The van der Waals surface area contributed by atoms with Crippen molar-refractivity contribution in [1.29, 1.82) is 0 Å². The molecular weight excluding hydrogens is 272 g/mol. The van der Waals surface area contributed by atoms with Crippen molar-refractivity contribution in [3.63, 3.8) is 0 Å². The molecule has 2 unspecified atom stereocenters. The minimum Gasteiger partial charge on any atom is -0.489 e. The smallest absolute Gasteiger partial charge is 0.138 e. The monoisotopic (exact) mass is 294 g/mol. The number of rotatable bonds is 4. The Morgan fingerprint density at radius 2 is 2.45 bits per heavy atom. The van der Waals surface area contributed by atoms with Crippen molar-refractivity contribution >= 4 is 11.8 Å². The highest BCUT2D eigenvalue weighted by Gasteiger charge is 2.41. The minimum absolute atomic E-state index is 0.0699. The first-order valence-corrected chi connectivity index (χ1v) is 8.48. The minimum atomic E-state index is 0.0699. The molecule has 3 rings (SSSR count). The Morgan fingerprint density at radius 3 is 3.15 bits per heavy atom. The zero-order valence-corrected chi connectivity index (χ0v) is 12.5. The van der Waals surface area contributed by atoms with E-state index in [4.69, 9.17) is 15.2 Å². The van der Waals surface area contributed by atoms with Gasteiger partial charge in [0.25, 0.3) is 0 Å². The molecule has 2 atom stereocenters. The molecule has 1 aromatic heterocycles. The average Bonchev–Trinajstić information content (AvgIpc) is 2.89. The second kappa shape index (κ2) is 6.33. The SMILES string of the molecule is NCCc1ccc(OC2CCOC3(CCSC3)C2)cn1. The summed E-state index contributed by atoms with van der Waals surface area (Å²) < 4.78 is 12.1. The van der Waals surface area contributed by atoms with Gasteiger partial charge in [-0.15, -0.1) is 0 Å². The lowest BCUT2D eigenvalue weighted by atomic mass is 9.91. The van der Waals surface area contributed by atoms with Crippen LogP contribution >= 0.6 is 11.8 Å². The number of ether oxygens (including phenoxy) is 2. The fourth-order valence-electron chi connectivity index (χ4n) is 2.92. The van der Waals surface area contributed by atoms with Crippen LogP contribution in [0.4, 0.5) is 0 Å². The summed E-state index contributed by atoms with van der Waals surface area (Å²) in [5.74, 6) is 3.18. The molecule has 20 heavy (non-hydrogen) atoms. The Labute approximate surface area is 124 Å². The summed E-state index contributed by atoms with van der Waals surface area (Å²) in [7, 11) is 0. The predicted octanol–water partition coefficient (Wildman–Crippen LogP) is 2.02. The average molecular weight is 294 g/mol. The molecule has 2 aliphatic heterocycles. The van der Waals surface area contributed by atoms with E-state index in [2.05, 4.69) is 4.98 Å². The number of nitrogens with two attached hydrogens (primary N) is 1.